The van der Waals surface area contributed by atoms with Crippen molar-refractivity contribution in [1.82, 2.24) is 19.8 Å². The number of H-pyrrole nitrogens is 1. The summed E-state index contributed by atoms with van der Waals surface area (Å²) in [5, 5.41) is 10.0. The Morgan fingerprint density at radius 3 is 2.50 bits per heavy atom. The van der Waals surface area contributed by atoms with E-state index in [0.29, 0.717) is 31.5 Å². The molecule has 6 nitrogen and oxygen atoms in total. The SMILES string of the molecule is CNCc1c(S(=O)(=O)N2CC(C)CC(C)C2)n[nH]c1C. The Morgan fingerprint density at radius 2 is 1.95 bits per heavy atom. The molecule has 2 unspecified atom stereocenters. The van der Waals surface area contributed by atoms with E-state index >= 15 is 0 Å². The van der Waals surface area contributed by atoms with Crippen molar-refractivity contribution in [3.05, 3.63) is 11.3 Å². The molecule has 2 heterocycles. The van der Waals surface area contributed by atoms with Gasteiger partial charge in [-0.1, -0.05) is 13.8 Å². The summed E-state index contributed by atoms with van der Waals surface area (Å²) < 4.78 is 27.2. The quantitative estimate of drug-likeness (QED) is 0.873. The van der Waals surface area contributed by atoms with Gasteiger partial charge in [0.1, 0.15) is 0 Å². The monoisotopic (exact) mass is 300 g/mol. The topological polar surface area (TPSA) is 78.1 Å². The van der Waals surface area contributed by atoms with Crippen molar-refractivity contribution in [2.45, 2.75) is 38.8 Å². The van der Waals surface area contributed by atoms with Crippen molar-refractivity contribution in [2.75, 3.05) is 20.1 Å². The van der Waals surface area contributed by atoms with E-state index in [0.717, 1.165) is 17.7 Å². The van der Waals surface area contributed by atoms with Crippen LogP contribution in [0.25, 0.3) is 0 Å². The van der Waals surface area contributed by atoms with E-state index in [1.165, 1.54) is 0 Å². The second kappa shape index (κ2) is 5.83. The molecule has 0 aromatic carbocycles. The molecule has 2 rings (SSSR count). The van der Waals surface area contributed by atoms with Crippen LogP contribution >= 0.6 is 0 Å². The molecule has 1 aliphatic rings. The van der Waals surface area contributed by atoms with Gasteiger partial charge in [0.2, 0.25) is 0 Å². The maximum absolute atomic E-state index is 12.8. The van der Waals surface area contributed by atoms with Gasteiger partial charge >= 0.3 is 0 Å². The van der Waals surface area contributed by atoms with Gasteiger partial charge in [-0.15, -0.1) is 0 Å². The lowest BCUT2D eigenvalue weighted by atomic mass is 9.94. The second-order valence-electron chi connectivity index (χ2n) is 5.93. The fraction of sp³-hybridized carbons (Fsp3) is 0.769. The third-order valence-corrected chi connectivity index (χ3v) is 5.61. The molecule has 1 aromatic heterocycles. The van der Waals surface area contributed by atoms with Crippen molar-refractivity contribution in [3.63, 3.8) is 0 Å². The summed E-state index contributed by atoms with van der Waals surface area (Å²) in [6.45, 7) is 7.70. The molecule has 20 heavy (non-hydrogen) atoms. The van der Waals surface area contributed by atoms with Gasteiger partial charge in [0, 0.05) is 30.9 Å². The highest BCUT2D eigenvalue weighted by Gasteiger charge is 2.35. The molecule has 1 aliphatic heterocycles. The molecule has 0 radical (unpaired) electrons. The first kappa shape index (κ1) is 15.5. The fourth-order valence-electron chi connectivity index (χ4n) is 2.95. The number of piperidine rings is 1. The van der Waals surface area contributed by atoms with Gasteiger partial charge in [0.15, 0.2) is 5.03 Å². The van der Waals surface area contributed by atoms with Gasteiger partial charge in [0.05, 0.1) is 0 Å². The fourth-order valence-corrected chi connectivity index (χ4v) is 4.80. The van der Waals surface area contributed by atoms with Crippen molar-refractivity contribution in [2.24, 2.45) is 11.8 Å². The molecule has 114 valence electrons. The minimum atomic E-state index is -3.51. The summed E-state index contributed by atoms with van der Waals surface area (Å²) in [5.74, 6) is 0.780. The van der Waals surface area contributed by atoms with Gasteiger partial charge in [-0.2, -0.15) is 9.40 Å². The Morgan fingerprint density at radius 1 is 1.35 bits per heavy atom. The number of nitrogens with zero attached hydrogens (tertiary/aromatic N) is 2. The molecule has 0 amide bonds. The largest absolute Gasteiger partial charge is 0.316 e. The summed E-state index contributed by atoms with van der Waals surface area (Å²) in [6, 6.07) is 0. The Labute approximate surface area is 121 Å². The van der Waals surface area contributed by atoms with Crippen LogP contribution in [0.1, 0.15) is 31.5 Å². The number of aromatic amines is 1. The lowest BCUT2D eigenvalue weighted by Crippen LogP contribution is -2.43. The molecule has 0 bridgehead atoms. The highest BCUT2D eigenvalue weighted by Crippen LogP contribution is 2.27. The van der Waals surface area contributed by atoms with Crippen molar-refractivity contribution < 1.29 is 8.42 Å². The summed E-state index contributed by atoms with van der Waals surface area (Å²) >= 11 is 0. The van der Waals surface area contributed by atoms with Gasteiger partial charge < -0.3 is 5.32 Å². The molecular weight excluding hydrogens is 276 g/mol. The first-order chi connectivity index (χ1) is 9.36. The lowest BCUT2D eigenvalue weighted by Gasteiger charge is -2.33. The standard InChI is InChI=1S/C13H24N4O2S/c1-9-5-10(2)8-17(7-9)20(18,19)13-12(6-14-4)11(3)15-16-13/h9-10,14H,5-8H2,1-4H3,(H,15,16). The number of nitrogens with one attached hydrogen (secondary N) is 2. The first-order valence-corrected chi connectivity index (χ1v) is 8.48. The normalized spacial score (nSPS) is 25.0. The zero-order valence-corrected chi connectivity index (χ0v) is 13.4. The Balaban J connectivity index is 2.35. The van der Waals surface area contributed by atoms with E-state index in [9.17, 15) is 8.42 Å². The van der Waals surface area contributed by atoms with E-state index < -0.39 is 10.0 Å². The third kappa shape index (κ3) is 2.89. The zero-order valence-electron chi connectivity index (χ0n) is 12.6. The van der Waals surface area contributed by atoms with E-state index in [1.54, 1.807) is 11.4 Å². The summed E-state index contributed by atoms with van der Waals surface area (Å²) in [4.78, 5) is 0. The Bertz CT molecular complexity index is 557. The molecule has 1 saturated heterocycles. The second-order valence-corrected chi connectivity index (χ2v) is 7.78. The minimum absolute atomic E-state index is 0.172. The zero-order chi connectivity index (χ0) is 14.9. The molecule has 7 heteroatoms. The lowest BCUT2D eigenvalue weighted by molar-refractivity contribution is 0.222. The van der Waals surface area contributed by atoms with Crippen molar-refractivity contribution in [3.8, 4) is 0 Å². The van der Waals surface area contributed by atoms with E-state index in [4.69, 9.17) is 0 Å². The maximum atomic E-state index is 12.8. The van der Waals surface area contributed by atoms with Crippen LogP contribution in [0.5, 0.6) is 0 Å². The van der Waals surface area contributed by atoms with Crippen molar-refractivity contribution >= 4 is 10.0 Å². The smallest absolute Gasteiger partial charge is 0.262 e. The average Bonchev–Trinajstić information content (AvgIpc) is 2.71. The highest BCUT2D eigenvalue weighted by molar-refractivity contribution is 7.89. The molecule has 0 aliphatic carbocycles. The summed E-state index contributed by atoms with van der Waals surface area (Å²) in [5.41, 5.74) is 1.54. The highest BCUT2D eigenvalue weighted by atomic mass is 32.2. The predicted octanol–water partition coefficient (Wildman–Crippen LogP) is 1.10. The van der Waals surface area contributed by atoms with Crippen molar-refractivity contribution in [1.29, 1.82) is 0 Å². The van der Waals surface area contributed by atoms with E-state index in [1.807, 2.05) is 6.92 Å². The number of sulfonamides is 1. The number of hydrogen-bond acceptors (Lipinski definition) is 4. The van der Waals surface area contributed by atoms with E-state index in [2.05, 4.69) is 29.4 Å². The summed E-state index contributed by atoms with van der Waals surface area (Å²) in [6.07, 6.45) is 1.08. The predicted molar refractivity (Wildman–Crippen MR) is 77.8 cm³/mol. The minimum Gasteiger partial charge on any atom is -0.316 e. The number of aromatic nitrogens is 2. The van der Waals surface area contributed by atoms with Gasteiger partial charge in [-0.25, -0.2) is 8.42 Å². The Hall–Kier alpha value is -0.920. The average molecular weight is 300 g/mol. The van der Waals surface area contributed by atoms with Crippen LogP contribution in [0.3, 0.4) is 0 Å². The molecule has 0 spiro atoms. The molecule has 1 fully saturated rings. The third-order valence-electron chi connectivity index (χ3n) is 3.81. The molecule has 0 saturated carbocycles. The molecule has 2 N–H and O–H groups in total. The van der Waals surface area contributed by atoms with Crippen LogP contribution in [-0.4, -0.2) is 43.1 Å². The first-order valence-electron chi connectivity index (χ1n) is 7.04. The number of rotatable bonds is 4. The van der Waals surface area contributed by atoms with E-state index in [-0.39, 0.29) is 5.03 Å². The molecular formula is C13H24N4O2S. The van der Waals surface area contributed by atoms with Crippen LogP contribution in [-0.2, 0) is 16.6 Å². The Kier molecular flexibility index (Phi) is 4.51. The van der Waals surface area contributed by atoms with Crippen LogP contribution in [0.4, 0.5) is 0 Å². The van der Waals surface area contributed by atoms with Crippen LogP contribution in [0, 0.1) is 18.8 Å². The molecule has 2 atom stereocenters. The van der Waals surface area contributed by atoms with Gasteiger partial charge in [0.25, 0.3) is 10.0 Å². The summed E-state index contributed by atoms with van der Waals surface area (Å²) in [7, 11) is -1.71. The number of aryl methyl sites for hydroxylation is 1. The molecule has 1 aromatic rings. The van der Waals surface area contributed by atoms with Crippen LogP contribution < -0.4 is 5.32 Å². The van der Waals surface area contributed by atoms with Crippen LogP contribution in [0.2, 0.25) is 0 Å². The van der Waals surface area contributed by atoms with Gasteiger partial charge in [-0.05, 0) is 32.2 Å². The van der Waals surface area contributed by atoms with Crippen LogP contribution in [0.15, 0.2) is 5.03 Å². The van der Waals surface area contributed by atoms with Gasteiger partial charge in [-0.3, -0.25) is 5.10 Å². The maximum Gasteiger partial charge on any atom is 0.262 e. The number of hydrogen-bond donors (Lipinski definition) is 2.